The first kappa shape index (κ1) is 14.7. The molecule has 2 aromatic carbocycles. The molecule has 0 N–H and O–H groups in total. The van der Waals surface area contributed by atoms with Crippen LogP contribution in [0.3, 0.4) is 0 Å². The van der Waals surface area contributed by atoms with E-state index in [0.29, 0.717) is 0 Å². The fourth-order valence-corrected chi connectivity index (χ4v) is 2.11. The van der Waals surface area contributed by atoms with Crippen LogP contribution in [0.15, 0.2) is 36.4 Å². The molecule has 2 nitrogen and oxygen atoms in total. The Bertz CT molecular complexity index is 506. The van der Waals surface area contributed by atoms with E-state index in [1.165, 1.54) is 22.0 Å². The molecule has 2 rings (SSSR count). The maximum absolute atomic E-state index is 5.06. The molecule has 0 heterocycles. The molecule has 0 spiro atoms. The van der Waals surface area contributed by atoms with E-state index < -0.39 is 0 Å². The molecule has 0 aliphatic heterocycles. The number of fused-ring (bicyclic) bond motifs is 1. The number of nitrogens with zero attached hydrogens (tertiary/aromatic N) is 1. The smallest absolute Gasteiger partial charge is 0.231 e. The molecule has 18 heavy (non-hydrogen) atoms. The van der Waals surface area contributed by atoms with E-state index in [9.17, 15) is 0 Å². The first-order chi connectivity index (χ1) is 8.24. The summed E-state index contributed by atoms with van der Waals surface area (Å²) in [6.07, 6.45) is 0.832. The van der Waals surface area contributed by atoms with E-state index in [2.05, 4.69) is 55.4 Å². The van der Waals surface area contributed by atoms with Gasteiger partial charge in [0.1, 0.15) is 6.42 Å². The Balaban J connectivity index is 0.00000162. The largest absolute Gasteiger partial charge is 1.00 e. The van der Waals surface area contributed by atoms with Crippen LogP contribution in [0.1, 0.15) is 5.56 Å². The predicted octanol–water partition coefficient (Wildman–Crippen LogP) is 0.260. The quantitative estimate of drug-likeness (QED) is 0.734. The van der Waals surface area contributed by atoms with E-state index in [-0.39, 0.29) is 12.4 Å². The van der Waals surface area contributed by atoms with Crippen LogP contribution in [0, 0.1) is 6.61 Å². The van der Waals surface area contributed by atoms with Crippen LogP contribution in [0.5, 0.6) is 0 Å². The van der Waals surface area contributed by atoms with Gasteiger partial charge in [-0.1, -0.05) is 30.3 Å². The summed E-state index contributed by atoms with van der Waals surface area (Å²) < 4.78 is 5.06. The molecule has 0 aromatic heterocycles. The van der Waals surface area contributed by atoms with Crippen molar-refractivity contribution in [3.63, 3.8) is 0 Å². The van der Waals surface area contributed by atoms with E-state index in [4.69, 9.17) is 4.74 Å². The predicted molar refractivity (Wildman–Crippen MR) is 73.3 cm³/mol. The van der Waals surface area contributed by atoms with Crippen LogP contribution >= 0.6 is 0 Å². The lowest BCUT2D eigenvalue weighted by atomic mass is 10.0. The molecule has 0 saturated heterocycles. The number of hydrogen-bond acceptors (Lipinski definition) is 2. The number of hydrogen-bond donors (Lipinski definition) is 0. The van der Waals surface area contributed by atoms with Crippen molar-refractivity contribution in [1.82, 2.24) is 0 Å². The maximum Gasteiger partial charge on any atom is 0.231 e. The number of benzene rings is 2. The van der Waals surface area contributed by atoms with Crippen LogP contribution < -0.4 is 17.3 Å². The zero-order valence-electron chi connectivity index (χ0n) is 11.0. The SMILES string of the molecule is CO[CH+]Cc1cccc2cccc(N(C)C)c12.[Cl-]. The van der Waals surface area contributed by atoms with Crippen molar-refractivity contribution < 1.29 is 17.1 Å². The fourth-order valence-electron chi connectivity index (χ4n) is 2.11. The zero-order chi connectivity index (χ0) is 12.3. The molecule has 0 saturated carbocycles. The Morgan fingerprint density at radius 2 is 1.78 bits per heavy atom. The summed E-state index contributed by atoms with van der Waals surface area (Å²) in [5.41, 5.74) is 2.55. The van der Waals surface area contributed by atoms with Gasteiger partial charge in [-0.3, -0.25) is 0 Å². The van der Waals surface area contributed by atoms with Crippen LogP contribution in [0.4, 0.5) is 5.69 Å². The summed E-state index contributed by atoms with van der Waals surface area (Å²) in [5, 5.41) is 2.59. The molecule has 3 heteroatoms. The van der Waals surface area contributed by atoms with E-state index >= 15 is 0 Å². The Morgan fingerprint density at radius 1 is 1.11 bits per heavy atom. The van der Waals surface area contributed by atoms with Gasteiger partial charge in [-0.2, -0.15) is 4.74 Å². The number of rotatable bonds is 4. The minimum Gasteiger partial charge on any atom is -1.00 e. The van der Waals surface area contributed by atoms with Crippen LogP contribution in [0.25, 0.3) is 10.8 Å². The number of halogens is 1. The lowest BCUT2D eigenvalue weighted by Gasteiger charge is -2.16. The van der Waals surface area contributed by atoms with Gasteiger partial charge in [0.2, 0.25) is 6.61 Å². The molecule has 2 aromatic rings. The normalized spacial score (nSPS) is 9.94. The summed E-state index contributed by atoms with van der Waals surface area (Å²) in [6, 6.07) is 12.8. The van der Waals surface area contributed by atoms with Gasteiger partial charge in [0.05, 0.1) is 7.11 Å². The fraction of sp³-hybridized carbons (Fsp3) is 0.267. The second-order valence-corrected chi connectivity index (χ2v) is 4.29. The highest BCUT2D eigenvalue weighted by Gasteiger charge is 2.10. The summed E-state index contributed by atoms with van der Waals surface area (Å²) >= 11 is 0. The lowest BCUT2D eigenvalue weighted by Crippen LogP contribution is -3.00. The van der Waals surface area contributed by atoms with Gasteiger partial charge in [-0.05, 0) is 11.5 Å². The van der Waals surface area contributed by atoms with Crippen LogP contribution in [0.2, 0.25) is 0 Å². The third-order valence-corrected chi connectivity index (χ3v) is 2.92. The third kappa shape index (κ3) is 2.89. The average Bonchev–Trinajstić information content (AvgIpc) is 2.35. The van der Waals surface area contributed by atoms with E-state index in [1.54, 1.807) is 7.11 Å². The summed E-state index contributed by atoms with van der Waals surface area (Å²) in [7, 11) is 5.84. The first-order valence-electron chi connectivity index (χ1n) is 5.76. The van der Waals surface area contributed by atoms with E-state index in [0.717, 1.165) is 6.42 Å². The topological polar surface area (TPSA) is 12.5 Å². The average molecular weight is 264 g/mol. The zero-order valence-corrected chi connectivity index (χ0v) is 11.7. The molecule has 0 amide bonds. The molecule has 0 atom stereocenters. The van der Waals surface area contributed by atoms with Gasteiger partial charge in [-0.25, -0.2) is 0 Å². The lowest BCUT2D eigenvalue weighted by molar-refractivity contribution is -0.00000386. The van der Waals surface area contributed by atoms with Crippen molar-refractivity contribution in [2.45, 2.75) is 6.42 Å². The van der Waals surface area contributed by atoms with Gasteiger partial charge in [-0.15, -0.1) is 0 Å². The molecule has 0 aliphatic rings. The Kier molecular flexibility index (Phi) is 5.32. The molecule has 0 unspecified atom stereocenters. The van der Waals surface area contributed by atoms with E-state index in [1.807, 2.05) is 6.61 Å². The second kappa shape index (κ2) is 6.53. The van der Waals surface area contributed by atoms with Crippen molar-refractivity contribution in [2.24, 2.45) is 0 Å². The van der Waals surface area contributed by atoms with Crippen molar-refractivity contribution in [2.75, 3.05) is 26.1 Å². The third-order valence-electron chi connectivity index (χ3n) is 2.92. The van der Waals surface area contributed by atoms with Gasteiger partial charge in [0.15, 0.2) is 0 Å². The summed E-state index contributed by atoms with van der Waals surface area (Å²) in [5.74, 6) is 0. The summed E-state index contributed by atoms with van der Waals surface area (Å²) in [4.78, 5) is 2.15. The van der Waals surface area contributed by atoms with Crippen molar-refractivity contribution in [1.29, 1.82) is 0 Å². The minimum absolute atomic E-state index is 0. The highest BCUT2D eigenvalue weighted by molar-refractivity contribution is 5.96. The maximum atomic E-state index is 5.06. The number of ether oxygens (including phenoxy) is 1. The number of methoxy groups -OCH3 is 1. The Labute approximate surface area is 115 Å². The molecule has 0 fully saturated rings. The van der Waals surface area contributed by atoms with Crippen LogP contribution in [-0.4, -0.2) is 21.2 Å². The Hall–Kier alpha value is -1.38. The highest BCUT2D eigenvalue weighted by Crippen LogP contribution is 2.29. The van der Waals surface area contributed by atoms with Crippen molar-refractivity contribution in [3.8, 4) is 0 Å². The van der Waals surface area contributed by atoms with Crippen molar-refractivity contribution >= 4 is 16.5 Å². The Morgan fingerprint density at radius 3 is 2.39 bits per heavy atom. The van der Waals surface area contributed by atoms with Gasteiger partial charge in [0.25, 0.3) is 0 Å². The van der Waals surface area contributed by atoms with Gasteiger partial charge in [0, 0.05) is 30.7 Å². The monoisotopic (exact) mass is 263 g/mol. The second-order valence-electron chi connectivity index (χ2n) is 4.29. The highest BCUT2D eigenvalue weighted by atomic mass is 35.5. The van der Waals surface area contributed by atoms with Gasteiger partial charge < -0.3 is 17.3 Å². The molecule has 0 aliphatic carbocycles. The van der Waals surface area contributed by atoms with Crippen LogP contribution in [-0.2, 0) is 11.2 Å². The van der Waals surface area contributed by atoms with Gasteiger partial charge >= 0.3 is 0 Å². The van der Waals surface area contributed by atoms with Crippen molar-refractivity contribution in [3.05, 3.63) is 48.6 Å². The molecular formula is C15H18ClNO. The standard InChI is InChI=1S/C15H18NO.ClH/c1-16(2)14-9-5-8-12-6-4-7-13(15(12)14)10-11-17-3;/h4-9,11H,10H2,1-3H3;1H/q+1;/p-1. The number of anilines is 1. The first-order valence-corrected chi connectivity index (χ1v) is 5.76. The molecule has 96 valence electrons. The molecule has 0 bridgehead atoms. The minimum atomic E-state index is 0. The molecule has 0 radical (unpaired) electrons. The summed E-state index contributed by atoms with van der Waals surface area (Å²) in [6.45, 7) is 1.83. The molecular weight excluding hydrogens is 246 g/mol.